The molecule has 0 aliphatic carbocycles. The highest BCUT2D eigenvalue weighted by Crippen LogP contribution is 2.33. The first-order chi connectivity index (χ1) is 14.3. The first-order valence-electron chi connectivity index (χ1n) is 9.08. The first kappa shape index (κ1) is 20.0. The van der Waals surface area contributed by atoms with Crippen LogP contribution in [0.1, 0.15) is 27.2 Å². The molecule has 152 valence electrons. The zero-order valence-corrected chi connectivity index (χ0v) is 16.7. The van der Waals surface area contributed by atoms with E-state index in [4.69, 9.17) is 0 Å². The summed E-state index contributed by atoms with van der Waals surface area (Å²) in [4.78, 5) is 23.5. The Bertz CT molecular complexity index is 1210. The maximum Gasteiger partial charge on any atom is 0.416 e. The molecular weight excluding hydrogens is 411 g/mol. The number of fused-ring (bicyclic) bond motifs is 1. The number of nitrogens with zero attached hydrogens (tertiary/aromatic N) is 3. The highest BCUT2D eigenvalue weighted by atomic mass is 32.1. The standard InChI is InChI=1S/C22H16F3N3OS/c1-14-6-4-10-18-19(14)27-21(30-18)28(13-17-9-2-3-11-26-17)20(29)15-7-5-8-16(12-15)22(23,24)25/h2-12H,13H2,1H3. The normalized spacial score (nSPS) is 11.6. The molecule has 1 amide bonds. The fourth-order valence-corrected chi connectivity index (χ4v) is 4.10. The van der Waals surface area contributed by atoms with Crippen LogP contribution in [0.2, 0.25) is 0 Å². The monoisotopic (exact) mass is 427 g/mol. The van der Waals surface area contributed by atoms with Crippen molar-refractivity contribution >= 4 is 32.6 Å². The van der Waals surface area contributed by atoms with Crippen LogP contribution in [0.15, 0.2) is 66.9 Å². The molecule has 0 spiro atoms. The third kappa shape index (κ3) is 4.04. The van der Waals surface area contributed by atoms with Crippen LogP contribution >= 0.6 is 11.3 Å². The Morgan fingerprint density at radius 3 is 2.57 bits per heavy atom. The van der Waals surface area contributed by atoms with Crippen LogP contribution < -0.4 is 4.90 Å². The number of alkyl halides is 3. The van der Waals surface area contributed by atoms with Crippen molar-refractivity contribution in [1.82, 2.24) is 9.97 Å². The maximum absolute atomic E-state index is 13.3. The number of carbonyl (C=O) groups excluding carboxylic acids is 1. The Balaban J connectivity index is 1.78. The van der Waals surface area contributed by atoms with E-state index in [1.165, 1.54) is 28.4 Å². The van der Waals surface area contributed by atoms with Gasteiger partial charge in [0.1, 0.15) is 0 Å². The molecule has 2 aromatic carbocycles. The molecule has 30 heavy (non-hydrogen) atoms. The molecular formula is C22H16F3N3OS. The average Bonchev–Trinajstić information content (AvgIpc) is 3.17. The van der Waals surface area contributed by atoms with Gasteiger partial charge in [-0.1, -0.05) is 35.6 Å². The fourth-order valence-electron chi connectivity index (χ4n) is 3.05. The summed E-state index contributed by atoms with van der Waals surface area (Å²) in [6.07, 6.45) is -2.93. The van der Waals surface area contributed by atoms with Crippen molar-refractivity contribution in [1.29, 1.82) is 0 Å². The van der Waals surface area contributed by atoms with E-state index < -0.39 is 17.6 Å². The van der Waals surface area contributed by atoms with Crippen molar-refractivity contribution in [2.45, 2.75) is 19.6 Å². The van der Waals surface area contributed by atoms with E-state index in [1.54, 1.807) is 24.4 Å². The molecule has 0 aliphatic rings. The number of thiazole rings is 1. The van der Waals surface area contributed by atoms with E-state index in [0.717, 1.165) is 27.9 Å². The third-order valence-corrected chi connectivity index (χ3v) is 5.61. The van der Waals surface area contributed by atoms with Gasteiger partial charge in [-0.05, 0) is 48.9 Å². The Kier molecular flexibility index (Phi) is 5.26. The highest BCUT2D eigenvalue weighted by molar-refractivity contribution is 7.22. The van der Waals surface area contributed by atoms with Crippen molar-refractivity contribution in [2.75, 3.05) is 4.90 Å². The Labute approximate surface area is 174 Å². The number of hydrogen-bond acceptors (Lipinski definition) is 4. The number of aromatic nitrogens is 2. The van der Waals surface area contributed by atoms with Gasteiger partial charge in [-0.3, -0.25) is 14.7 Å². The summed E-state index contributed by atoms with van der Waals surface area (Å²) in [5, 5.41) is 0.410. The molecule has 0 radical (unpaired) electrons. The van der Waals surface area contributed by atoms with Gasteiger partial charge in [-0.2, -0.15) is 13.2 Å². The van der Waals surface area contributed by atoms with E-state index >= 15 is 0 Å². The number of para-hydroxylation sites is 1. The second kappa shape index (κ2) is 7.87. The third-order valence-electron chi connectivity index (χ3n) is 4.57. The number of benzene rings is 2. The molecule has 0 aliphatic heterocycles. The van der Waals surface area contributed by atoms with Crippen molar-refractivity contribution < 1.29 is 18.0 Å². The lowest BCUT2D eigenvalue weighted by Crippen LogP contribution is -2.31. The quantitative estimate of drug-likeness (QED) is 0.409. The topological polar surface area (TPSA) is 46.1 Å². The molecule has 0 unspecified atom stereocenters. The van der Waals surface area contributed by atoms with Gasteiger partial charge in [-0.15, -0.1) is 0 Å². The number of hydrogen-bond donors (Lipinski definition) is 0. The van der Waals surface area contributed by atoms with Crippen LogP contribution in [0.25, 0.3) is 10.2 Å². The molecule has 0 saturated heterocycles. The van der Waals surface area contributed by atoms with Crippen LogP contribution in [-0.4, -0.2) is 15.9 Å². The zero-order valence-electron chi connectivity index (χ0n) is 15.8. The van der Waals surface area contributed by atoms with Crippen LogP contribution in [0, 0.1) is 6.92 Å². The molecule has 4 rings (SSSR count). The van der Waals surface area contributed by atoms with Gasteiger partial charge >= 0.3 is 6.18 Å². The summed E-state index contributed by atoms with van der Waals surface area (Å²) >= 11 is 1.32. The smallest absolute Gasteiger partial charge is 0.278 e. The predicted molar refractivity (Wildman–Crippen MR) is 111 cm³/mol. The molecule has 4 aromatic rings. The number of pyridine rings is 1. The van der Waals surface area contributed by atoms with E-state index in [-0.39, 0.29) is 12.1 Å². The fraction of sp³-hybridized carbons (Fsp3) is 0.136. The molecule has 4 nitrogen and oxygen atoms in total. The van der Waals surface area contributed by atoms with Gasteiger partial charge in [0.15, 0.2) is 5.13 Å². The Morgan fingerprint density at radius 1 is 1.07 bits per heavy atom. The maximum atomic E-state index is 13.3. The second-order valence-corrected chi connectivity index (χ2v) is 7.72. The van der Waals surface area contributed by atoms with E-state index in [1.807, 2.05) is 25.1 Å². The molecule has 0 atom stereocenters. The van der Waals surface area contributed by atoms with E-state index in [2.05, 4.69) is 9.97 Å². The minimum absolute atomic E-state index is 0.0586. The number of aryl methyl sites for hydroxylation is 1. The van der Waals surface area contributed by atoms with Gasteiger partial charge in [0.2, 0.25) is 0 Å². The number of carbonyl (C=O) groups is 1. The van der Waals surface area contributed by atoms with Gasteiger partial charge in [-0.25, -0.2) is 4.98 Å². The van der Waals surface area contributed by atoms with Crippen molar-refractivity contribution in [3.05, 3.63) is 89.2 Å². The number of anilines is 1. The molecule has 2 aromatic heterocycles. The number of halogens is 3. The lowest BCUT2D eigenvalue weighted by molar-refractivity contribution is -0.137. The minimum Gasteiger partial charge on any atom is -0.278 e. The van der Waals surface area contributed by atoms with Gasteiger partial charge in [0.25, 0.3) is 5.91 Å². The van der Waals surface area contributed by atoms with Crippen LogP contribution in [0.4, 0.5) is 18.3 Å². The second-order valence-electron chi connectivity index (χ2n) is 6.71. The lowest BCUT2D eigenvalue weighted by Gasteiger charge is -2.20. The molecule has 0 saturated carbocycles. The number of rotatable bonds is 4. The van der Waals surface area contributed by atoms with E-state index in [0.29, 0.717) is 10.8 Å². The van der Waals surface area contributed by atoms with Crippen LogP contribution in [0.5, 0.6) is 0 Å². The Morgan fingerprint density at radius 2 is 1.87 bits per heavy atom. The SMILES string of the molecule is Cc1cccc2sc(N(Cc3ccccn3)C(=O)c3cccc(C(F)(F)F)c3)nc12. The summed E-state index contributed by atoms with van der Waals surface area (Å²) < 4.78 is 40.3. The summed E-state index contributed by atoms with van der Waals surface area (Å²) in [6, 6.07) is 15.4. The Hall–Kier alpha value is -3.26. The number of amides is 1. The van der Waals surface area contributed by atoms with Crippen LogP contribution in [0.3, 0.4) is 0 Å². The largest absolute Gasteiger partial charge is 0.416 e. The molecule has 0 fully saturated rings. The average molecular weight is 427 g/mol. The van der Waals surface area contributed by atoms with Crippen molar-refractivity contribution in [2.24, 2.45) is 0 Å². The summed E-state index contributed by atoms with van der Waals surface area (Å²) in [5.41, 5.74) is 1.40. The minimum atomic E-state index is -4.53. The summed E-state index contributed by atoms with van der Waals surface area (Å²) in [6.45, 7) is 2.01. The lowest BCUT2D eigenvalue weighted by atomic mass is 10.1. The molecule has 2 heterocycles. The van der Waals surface area contributed by atoms with Gasteiger partial charge in [0, 0.05) is 11.8 Å². The highest BCUT2D eigenvalue weighted by Gasteiger charge is 2.32. The first-order valence-corrected chi connectivity index (χ1v) is 9.90. The van der Waals surface area contributed by atoms with Crippen molar-refractivity contribution in [3.8, 4) is 0 Å². The molecule has 0 bridgehead atoms. The predicted octanol–water partition coefficient (Wildman–Crippen LogP) is 5.87. The van der Waals surface area contributed by atoms with E-state index in [9.17, 15) is 18.0 Å². The summed E-state index contributed by atoms with van der Waals surface area (Å²) in [5.74, 6) is -0.566. The molecule has 8 heteroatoms. The van der Waals surface area contributed by atoms with Crippen LogP contribution in [-0.2, 0) is 12.7 Å². The van der Waals surface area contributed by atoms with Gasteiger partial charge < -0.3 is 0 Å². The zero-order chi connectivity index (χ0) is 21.3. The summed E-state index contributed by atoms with van der Waals surface area (Å²) in [7, 11) is 0. The van der Waals surface area contributed by atoms with Crippen molar-refractivity contribution in [3.63, 3.8) is 0 Å². The molecule has 0 N–H and O–H groups in total. The van der Waals surface area contributed by atoms with Gasteiger partial charge in [0.05, 0.1) is 28.0 Å².